The Morgan fingerprint density at radius 3 is 3.05 bits per heavy atom. The molecule has 1 N–H and O–H groups in total. The van der Waals surface area contributed by atoms with Crippen LogP contribution in [0.5, 0.6) is 0 Å². The highest BCUT2D eigenvalue weighted by Crippen LogP contribution is 2.28. The number of carboxylic acid groups (broad SMARTS) is 1. The first-order valence-electron chi connectivity index (χ1n) is 6.39. The maximum atomic E-state index is 11.2. The van der Waals surface area contributed by atoms with E-state index in [1.807, 2.05) is 4.90 Å². The number of anilines is 1. The van der Waals surface area contributed by atoms with Crippen LogP contribution in [0.1, 0.15) is 12.8 Å². The predicted octanol–water partition coefficient (Wildman–Crippen LogP) is 1.32. The molecular weight excluding hydrogens is 282 g/mol. The molecule has 0 aromatic carbocycles. The Morgan fingerprint density at radius 1 is 1.50 bits per heavy atom. The van der Waals surface area contributed by atoms with Crippen LogP contribution in [0.25, 0.3) is 11.0 Å². The quantitative estimate of drug-likeness (QED) is 0.841. The van der Waals surface area contributed by atoms with Crippen molar-refractivity contribution in [2.24, 2.45) is 13.0 Å². The standard InChI is InChI=1S/C12H14ClN5O2/c1-17-9-8(5-14-17)10(16-12(13)15-9)18-4-2-3-7(6-18)11(19)20/h5,7H,2-4,6H2,1H3,(H,19,20). The number of aromatic nitrogens is 4. The largest absolute Gasteiger partial charge is 0.481 e. The summed E-state index contributed by atoms with van der Waals surface area (Å²) in [5, 5.41) is 14.3. The van der Waals surface area contributed by atoms with Crippen molar-refractivity contribution in [3.05, 3.63) is 11.5 Å². The van der Waals surface area contributed by atoms with Gasteiger partial charge < -0.3 is 10.0 Å². The number of aliphatic carboxylic acids is 1. The molecule has 0 aliphatic carbocycles. The zero-order valence-corrected chi connectivity index (χ0v) is 11.7. The second-order valence-corrected chi connectivity index (χ2v) is 5.28. The van der Waals surface area contributed by atoms with Crippen LogP contribution in [0.3, 0.4) is 0 Å². The van der Waals surface area contributed by atoms with Crippen LogP contribution in [0.2, 0.25) is 5.28 Å². The summed E-state index contributed by atoms with van der Waals surface area (Å²) < 4.78 is 1.63. The van der Waals surface area contributed by atoms with E-state index in [9.17, 15) is 9.90 Å². The van der Waals surface area contributed by atoms with Gasteiger partial charge in [-0.15, -0.1) is 0 Å². The third-order valence-electron chi connectivity index (χ3n) is 3.61. The highest BCUT2D eigenvalue weighted by atomic mass is 35.5. The first-order chi connectivity index (χ1) is 9.56. The lowest BCUT2D eigenvalue weighted by molar-refractivity contribution is -0.141. The summed E-state index contributed by atoms with van der Waals surface area (Å²) in [5.41, 5.74) is 0.650. The van der Waals surface area contributed by atoms with E-state index < -0.39 is 5.97 Å². The Hall–Kier alpha value is -1.89. The van der Waals surface area contributed by atoms with Gasteiger partial charge in [0.2, 0.25) is 5.28 Å². The van der Waals surface area contributed by atoms with Crippen molar-refractivity contribution >= 4 is 34.4 Å². The van der Waals surface area contributed by atoms with Crippen molar-refractivity contribution < 1.29 is 9.90 Å². The predicted molar refractivity (Wildman–Crippen MR) is 73.9 cm³/mol. The molecule has 7 nitrogen and oxygen atoms in total. The van der Waals surface area contributed by atoms with E-state index in [2.05, 4.69) is 15.1 Å². The van der Waals surface area contributed by atoms with Gasteiger partial charge >= 0.3 is 5.97 Å². The maximum Gasteiger partial charge on any atom is 0.308 e. The molecule has 3 heterocycles. The first-order valence-corrected chi connectivity index (χ1v) is 6.77. The Kier molecular flexibility index (Phi) is 3.21. The number of halogens is 1. The van der Waals surface area contributed by atoms with E-state index in [0.29, 0.717) is 24.4 Å². The number of fused-ring (bicyclic) bond motifs is 1. The molecule has 2 aromatic rings. The van der Waals surface area contributed by atoms with E-state index in [1.165, 1.54) is 0 Å². The van der Waals surface area contributed by atoms with Crippen LogP contribution in [0.4, 0.5) is 5.82 Å². The molecule has 106 valence electrons. The highest BCUT2D eigenvalue weighted by Gasteiger charge is 2.27. The first kappa shape index (κ1) is 13.1. The monoisotopic (exact) mass is 295 g/mol. The fourth-order valence-electron chi connectivity index (χ4n) is 2.59. The molecule has 1 aliphatic rings. The van der Waals surface area contributed by atoms with Gasteiger partial charge in [0.15, 0.2) is 5.65 Å². The van der Waals surface area contributed by atoms with E-state index in [-0.39, 0.29) is 11.2 Å². The number of hydrogen-bond donors (Lipinski definition) is 1. The molecule has 1 aliphatic heterocycles. The lowest BCUT2D eigenvalue weighted by Crippen LogP contribution is -2.39. The summed E-state index contributed by atoms with van der Waals surface area (Å²) in [6.07, 6.45) is 3.20. The highest BCUT2D eigenvalue weighted by molar-refractivity contribution is 6.28. The third kappa shape index (κ3) is 2.18. The molecule has 1 fully saturated rings. The van der Waals surface area contributed by atoms with Gasteiger partial charge in [-0.3, -0.25) is 9.48 Å². The molecule has 3 rings (SSSR count). The Balaban J connectivity index is 2.03. The zero-order valence-electron chi connectivity index (χ0n) is 11.0. The minimum absolute atomic E-state index is 0.147. The molecule has 1 saturated heterocycles. The minimum Gasteiger partial charge on any atom is -0.481 e. The Morgan fingerprint density at radius 2 is 2.30 bits per heavy atom. The van der Waals surface area contributed by atoms with Crippen LogP contribution in [0.15, 0.2) is 6.20 Å². The molecule has 0 spiro atoms. The van der Waals surface area contributed by atoms with E-state index in [4.69, 9.17) is 11.6 Å². The molecule has 0 bridgehead atoms. The summed E-state index contributed by atoms with van der Waals surface area (Å²) in [6.45, 7) is 1.20. The minimum atomic E-state index is -0.766. The Bertz CT molecular complexity index is 671. The van der Waals surface area contributed by atoms with E-state index in [1.54, 1.807) is 17.9 Å². The fourth-order valence-corrected chi connectivity index (χ4v) is 2.75. The van der Waals surface area contributed by atoms with Gasteiger partial charge in [0.1, 0.15) is 5.82 Å². The number of piperidine rings is 1. The van der Waals surface area contributed by atoms with Crippen LogP contribution in [0, 0.1) is 5.92 Å². The van der Waals surface area contributed by atoms with Gasteiger partial charge in [0.05, 0.1) is 17.5 Å². The topological polar surface area (TPSA) is 84.1 Å². The molecule has 1 atom stereocenters. The number of carbonyl (C=O) groups is 1. The SMILES string of the molecule is Cn1ncc2c(N3CCCC(C(=O)O)C3)nc(Cl)nc21. The number of aryl methyl sites for hydroxylation is 1. The van der Waals surface area contributed by atoms with Crippen molar-refractivity contribution in [1.29, 1.82) is 0 Å². The van der Waals surface area contributed by atoms with Crippen LogP contribution in [-0.4, -0.2) is 43.9 Å². The molecule has 0 saturated carbocycles. The van der Waals surface area contributed by atoms with Gasteiger partial charge in [-0.2, -0.15) is 15.1 Å². The smallest absolute Gasteiger partial charge is 0.308 e. The molecule has 0 radical (unpaired) electrons. The van der Waals surface area contributed by atoms with Gasteiger partial charge in [0.25, 0.3) is 0 Å². The number of hydrogen-bond acceptors (Lipinski definition) is 5. The molecular formula is C12H14ClN5O2. The summed E-state index contributed by atoms with van der Waals surface area (Å²) in [5.74, 6) is -0.472. The van der Waals surface area contributed by atoms with Gasteiger partial charge in [-0.05, 0) is 24.4 Å². The summed E-state index contributed by atoms with van der Waals surface area (Å²) >= 11 is 5.96. The second-order valence-electron chi connectivity index (χ2n) is 4.95. The molecule has 1 unspecified atom stereocenters. The summed E-state index contributed by atoms with van der Waals surface area (Å²) in [7, 11) is 1.78. The average Bonchev–Trinajstić information content (AvgIpc) is 2.80. The van der Waals surface area contributed by atoms with Crippen LogP contribution < -0.4 is 4.90 Å². The zero-order chi connectivity index (χ0) is 14.3. The third-order valence-corrected chi connectivity index (χ3v) is 3.78. The van der Waals surface area contributed by atoms with E-state index >= 15 is 0 Å². The normalized spacial score (nSPS) is 19.5. The van der Waals surface area contributed by atoms with E-state index in [0.717, 1.165) is 18.4 Å². The molecule has 8 heteroatoms. The maximum absolute atomic E-state index is 11.2. The second kappa shape index (κ2) is 4.90. The lowest BCUT2D eigenvalue weighted by Gasteiger charge is -2.31. The van der Waals surface area contributed by atoms with Crippen molar-refractivity contribution in [2.45, 2.75) is 12.8 Å². The molecule has 0 amide bonds. The van der Waals surface area contributed by atoms with Crippen LogP contribution in [-0.2, 0) is 11.8 Å². The number of nitrogens with zero attached hydrogens (tertiary/aromatic N) is 5. The van der Waals surface area contributed by atoms with Crippen molar-refractivity contribution in [1.82, 2.24) is 19.7 Å². The average molecular weight is 296 g/mol. The van der Waals surface area contributed by atoms with Crippen molar-refractivity contribution in [2.75, 3.05) is 18.0 Å². The number of rotatable bonds is 2. The van der Waals surface area contributed by atoms with Gasteiger partial charge in [-0.25, -0.2) is 0 Å². The van der Waals surface area contributed by atoms with Crippen molar-refractivity contribution in [3.8, 4) is 0 Å². The van der Waals surface area contributed by atoms with Gasteiger partial charge in [-0.1, -0.05) is 0 Å². The molecule has 20 heavy (non-hydrogen) atoms. The lowest BCUT2D eigenvalue weighted by atomic mass is 9.98. The number of carboxylic acids is 1. The van der Waals surface area contributed by atoms with Crippen molar-refractivity contribution in [3.63, 3.8) is 0 Å². The van der Waals surface area contributed by atoms with Gasteiger partial charge in [0, 0.05) is 20.1 Å². The fraction of sp³-hybridized carbons (Fsp3) is 0.500. The summed E-state index contributed by atoms with van der Waals surface area (Å²) in [6, 6.07) is 0. The Labute approximate surface area is 120 Å². The molecule has 2 aromatic heterocycles. The summed E-state index contributed by atoms with van der Waals surface area (Å²) in [4.78, 5) is 21.5. The van der Waals surface area contributed by atoms with Crippen LogP contribution >= 0.6 is 11.6 Å².